The molecule has 1 radical (unpaired) electrons. The normalized spacial score (nSPS) is 14.4. The monoisotopic (exact) mass is 371 g/mol. The smallest absolute Gasteiger partial charge is 0.251 e. The molecule has 0 unspecified atom stereocenters. The number of carbonyl (C=O) groups excluding carboxylic acids is 1. The quantitative estimate of drug-likeness (QED) is 0.848. The van der Waals surface area contributed by atoms with Gasteiger partial charge in [0.15, 0.2) is 9.84 Å². The number of anilines is 1. The molecule has 1 heterocycles. The average molecular weight is 371 g/mol. The van der Waals surface area contributed by atoms with Crippen molar-refractivity contribution in [2.45, 2.75) is 24.8 Å². The van der Waals surface area contributed by atoms with E-state index < -0.39 is 9.84 Å². The molecule has 1 fully saturated rings. The highest BCUT2D eigenvalue weighted by Gasteiger charge is 2.14. The van der Waals surface area contributed by atoms with Crippen LogP contribution in [0.5, 0.6) is 0 Å². The summed E-state index contributed by atoms with van der Waals surface area (Å²) < 4.78 is 23.6. The molecule has 1 amide bonds. The minimum Gasteiger partial charge on any atom is -0.371 e. The number of nitrogens with one attached hydrogen (secondary N) is 1. The maximum Gasteiger partial charge on any atom is 0.251 e. The van der Waals surface area contributed by atoms with Crippen LogP contribution in [0.15, 0.2) is 53.4 Å². The van der Waals surface area contributed by atoms with Crippen LogP contribution in [0.4, 0.5) is 5.69 Å². The molecule has 1 N–H and O–H groups in total. The van der Waals surface area contributed by atoms with E-state index in [2.05, 4.69) is 16.6 Å². The molecule has 2 aromatic rings. The summed E-state index contributed by atoms with van der Waals surface area (Å²) in [6.07, 6.45) is 3.35. The molecule has 1 aliphatic heterocycles. The second-order valence-electron chi connectivity index (χ2n) is 6.30. The highest BCUT2D eigenvalue weighted by molar-refractivity contribution is 7.91. The number of carbonyl (C=O) groups is 1. The zero-order valence-electron chi connectivity index (χ0n) is 14.8. The Labute approximate surface area is 154 Å². The lowest BCUT2D eigenvalue weighted by Gasteiger charge is -2.17. The Bertz CT molecular complexity index is 853. The van der Waals surface area contributed by atoms with E-state index in [1.165, 1.54) is 0 Å². The van der Waals surface area contributed by atoms with Gasteiger partial charge in [0.1, 0.15) is 0 Å². The van der Waals surface area contributed by atoms with E-state index in [0.717, 1.165) is 30.8 Å². The van der Waals surface area contributed by atoms with E-state index in [1.807, 2.05) is 24.3 Å². The Balaban J connectivity index is 1.58. The minimum atomic E-state index is -3.19. The molecule has 1 aliphatic rings. The molecule has 0 bridgehead atoms. The number of hydrogen-bond acceptors (Lipinski definition) is 4. The lowest BCUT2D eigenvalue weighted by Crippen LogP contribution is -2.23. The van der Waals surface area contributed by atoms with Crippen molar-refractivity contribution in [1.82, 2.24) is 5.32 Å². The third-order valence-corrected chi connectivity index (χ3v) is 6.31. The van der Waals surface area contributed by atoms with E-state index in [-0.39, 0.29) is 11.7 Å². The van der Waals surface area contributed by atoms with Crippen molar-refractivity contribution in [2.24, 2.45) is 0 Å². The summed E-state index contributed by atoms with van der Waals surface area (Å²) in [5.74, 6) is -0.0658. The van der Waals surface area contributed by atoms with E-state index in [4.69, 9.17) is 0 Å². The van der Waals surface area contributed by atoms with E-state index in [1.54, 1.807) is 31.2 Å². The zero-order chi connectivity index (χ0) is 18.6. The number of amides is 1. The van der Waals surface area contributed by atoms with Gasteiger partial charge in [-0.25, -0.2) is 8.42 Å². The van der Waals surface area contributed by atoms with Crippen LogP contribution in [-0.2, 0) is 16.4 Å². The average Bonchev–Trinajstić information content (AvgIpc) is 3.21. The fourth-order valence-corrected chi connectivity index (χ4v) is 3.79. The molecule has 0 saturated carbocycles. The fraction of sp³-hybridized carbons (Fsp3) is 0.300. The van der Waals surface area contributed by atoms with Gasteiger partial charge in [-0.1, -0.05) is 19.1 Å². The van der Waals surface area contributed by atoms with Crippen molar-refractivity contribution in [3.05, 3.63) is 66.1 Å². The molecule has 1 saturated heterocycles. The number of rotatable bonds is 6. The van der Waals surface area contributed by atoms with Gasteiger partial charge in [0.2, 0.25) is 0 Å². The Kier molecular flexibility index (Phi) is 5.61. The molecular weight excluding hydrogens is 348 g/mol. The molecule has 6 heteroatoms. The molecule has 3 rings (SSSR count). The van der Waals surface area contributed by atoms with Gasteiger partial charge in [0, 0.05) is 30.9 Å². The Hall–Kier alpha value is -2.34. The standard InChI is InChI=1S/C20H23N2O3S/c1-2-26(24,25)19-11-5-16(6-12-19)15-21-20(23)17-7-9-18(10-8-17)22-13-3-4-14-22/h3,5-12H,2,4,13-15H2,1H3,(H,21,23). The van der Waals surface area contributed by atoms with Crippen molar-refractivity contribution in [2.75, 3.05) is 23.7 Å². The van der Waals surface area contributed by atoms with Gasteiger partial charge < -0.3 is 10.2 Å². The first kappa shape index (κ1) is 18.5. The molecule has 26 heavy (non-hydrogen) atoms. The summed E-state index contributed by atoms with van der Waals surface area (Å²) in [7, 11) is -3.19. The first-order valence-corrected chi connectivity index (χ1v) is 10.4. The van der Waals surface area contributed by atoms with Gasteiger partial charge in [-0.3, -0.25) is 4.79 Å². The maximum absolute atomic E-state index is 12.3. The molecule has 0 spiro atoms. The van der Waals surface area contributed by atoms with Gasteiger partial charge in [-0.05, 0) is 54.8 Å². The molecular formula is C20H23N2O3S. The third kappa shape index (κ3) is 4.25. The van der Waals surface area contributed by atoms with E-state index in [9.17, 15) is 13.2 Å². The number of hydrogen-bond donors (Lipinski definition) is 1. The number of benzene rings is 2. The van der Waals surface area contributed by atoms with Gasteiger partial charge in [-0.15, -0.1) is 0 Å². The van der Waals surface area contributed by atoms with Crippen molar-refractivity contribution in [1.29, 1.82) is 0 Å². The SMILES string of the molecule is CCS(=O)(=O)c1ccc(CNC(=O)c2ccc(N3C[CH]CC3)cc2)cc1. The topological polar surface area (TPSA) is 66.5 Å². The second kappa shape index (κ2) is 7.91. The van der Waals surface area contributed by atoms with Crippen molar-refractivity contribution in [3.63, 3.8) is 0 Å². The first-order valence-electron chi connectivity index (χ1n) is 8.76. The van der Waals surface area contributed by atoms with E-state index >= 15 is 0 Å². The summed E-state index contributed by atoms with van der Waals surface area (Å²) >= 11 is 0. The van der Waals surface area contributed by atoms with Crippen molar-refractivity contribution < 1.29 is 13.2 Å². The summed E-state index contributed by atoms with van der Waals surface area (Å²) in [5, 5.41) is 2.87. The Morgan fingerprint density at radius 2 is 1.77 bits per heavy atom. The zero-order valence-corrected chi connectivity index (χ0v) is 15.6. The number of sulfone groups is 1. The van der Waals surface area contributed by atoms with Crippen molar-refractivity contribution in [3.8, 4) is 0 Å². The first-order chi connectivity index (χ1) is 12.5. The lowest BCUT2D eigenvalue weighted by molar-refractivity contribution is 0.0951. The highest BCUT2D eigenvalue weighted by atomic mass is 32.2. The van der Waals surface area contributed by atoms with Gasteiger partial charge >= 0.3 is 0 Å². The molecule has 2 aromatic carbocycles. The van der Waals surface area contributed by atoms with Gasteiger partial charge in [-0.2, -0.15) is 0 Å². The summed E-state index contributed by atoms with van der Waals surface area (Å²) in [6.45, 7) is 3.95. The predicted molar refractivity (Wildman–Crippen MR) is 103 cm³/mol. The van der Waals surface area contributed by atoms with Crippen molar-refractivity contribution >= 4 is 21.4 Å². The van der Waals surface area contributed by atoms with Gasteiger partial charge in [0.25, 0.3) is 5.91 Å². The molecule has 5 nitrogen and oxygen atoms in total. The maximum atomic E-state index is 12.3. The van der Waals surface area contributed by atoms with Crippen LogP contribution in [0.2, 0.25) is 0 Å². The largest absolute Gasteiger partial charge is 0.371 e. The van der Waals surface area contributed by atoms with Crippen LogP contribution < -0.4 is 10.2 Å². The highest BCUT2D eigenvalue weighted by Crippen LogP contribution is 2.20. The van der Waals surface area contributed by atoms with E-state index in [0.29, 0.717) is 17.0 Å². The third-order valence-electron chi connectivity index (χ3n) is 4.56. The number of nitrogens with zero attached hydrogens (tertiary/aromatic N) is 1. The molecule has 0 aliphatic carbocycles. The molecule has 0 aromatic heterocycles. The van der Waals surface area contributed by atoms with Crippen LogP contribution in [0.25, 0.3) is 0 Å². The summed E-state index contributed by atoms with van der Waals surface area (Å²) in [6, 6.07) is 14.2. The van der Waals surface area contributed by atoms with Crippen LogP contribution in [0.1, 0.15) is 29.3 Å². The van der Waals surface area contributed by atoms with Crippen LogP contribution in [-0.4, -0.2) is 33.2 Å². The minimum absolute atomic E-state index is 0.0779. The Morgan fingerprint density at radius 1 is 1.08 bits per heavy atom. The lowest BCUT2D eigenvalue weighted by atomic mass is 10.1. The fourth-order valence-electron chi connectivity index (χ4n) is 2.91. The summed E-state index contributed by atoms with van der Waals surface area (Å²) in [4.78, 5) is 14.9. The molecule has 0 atom stereocenters. The second-order valence-corrected chi connectivity index (χ2v) is 8.58. The van der Waals surface area contributed by atoms with Crippen LogP contribution >= 0.6 is 0 Å². The summed E-state index contributed by atoms with van der Waals surface area (Å²) in [5.41, 5.74) is 2.60. The predicted octanol–water partition coefficient (Wildman–Crippen LogP) is 2.82. The van der Waals surface area contributed by atoms with Gasteiger partial charge in [0.05, 0.1) is 10.6 Å². The van der Waals surface area contributed by atoms with Crippen LogP contribution in [0.3, 0.4) is 0 Å². The van der Waals surface area contributed by atoms with Crippen LogP contribution in [0, 0.1) is 6.42 Å². The Morgan fingerprint density at radius 3 is 2.35 bits per heavy atom. The molecule has 137 valence electrons.